The van der Waals surface area contributed by atoms with Crippen molar-refractivity contribution in [2.24, 2.45) is 5.92 Å². The largest absolute Gasteiger partial charge is 0.384 e. The van der Waals surface area contributed by atoms with Gasteiger partial charge in [0.05, 0.1) is 5.57 Å². The van der Waals surface area contributed by atoms with Crippen LogP contribution < -0.4 is 16.0 Å². The molecule has 208 valence electrons. The molecule has 0 radical (unpaired) electrons. The van der Waals surface area contributed by atoms with E-state index in [9.17, 15) is 14.0 Å². The van der Waals surface area contributed by atoms with Crippen molar-refractivity contribution in [3.05, 3.63) is 88.7 Å². The summed E-state index contributed by atoms with van der Waals surface area (Å²) >= 11 is 2.35. The monoisotopic (exact) mass is 651 g/mol. The molecular formula is C33H35FIN3O2. The van der Waals surface area contributed by atoms with E-state index < -0.39 is 0 Å². The van der Waals surface area contributed by atoms with Crippen molar-refractivity contribution in [1.82, 2.24) is 10.6 Å². The number of alkyl halides is 1. The van der Waals surface area contributed by atoms with E-state index in [2.05, 4.69) is 57.6 Å². The lowest BCUT2D eigenvalue weighted by Gasteiger charge is -2.26. The van der Waals surface area contributed by atoms with E-state index in [4.69, 9.17) is 0 Å². The zero-order valence-corrected chi connectivity index (χ0v) is 25.1. The van der Waals surface area contributed by atoms with Crippen LogP contribution >= 0.6 is 22.6 Å². The Labute approximate surface area is 249 Å². The van der Waals surface area contributed by atoms with E-state index in [1.165, 1.54) is 25.0 Å². The fourth-order valence-electron chi connectivity index (χ4n) is 5.65. The highest BCUT2D eigenvalue weighted by atomic mass is 127. The van der Waals surface area contributed by atoms with Crippen LogP contribution in [-0.2, 0) is 11.2 Å². The average Bonchev–Trinajstić information content (AvgIpc) is 3.83. The average molecular weight is 652 g/mol. The van der Waals surface area contributed by atoms with Crippen molar-refractivity contribution in [1.29, 1.82) is 0 Å². The van der Waals surface area contributed by atoms with Crippen LogP contribution in [0.25, 0.3) is 22.3 Å². The predicted octanol–water partition coefficient (Wildman–Crippen LogP) is 6.86. The van der Waals surface area contributed by atoms with Crippen molar-refractivity contribution >= 4 is 51.2 Å². The van der Waals surface area contributed by atoms with Gasteiger partial charge in [-0.15, -0.1) is 0 Å². The first-order valence-electron chi connectivity index (χ1n) is 14.0. The molecule has 2 aliphatic rings. The van der Waals surface area contributed by atoms with Crippen LogP contribution in [0.1, 0.15) is 59.7 Å². The minimum Gasteiger partial charge on any atom is -0.384 e. The first-order chi connectivity index (χ1) is 19.4. The normalized spacial score (nSPS) is 15.3. The van der Waals surface area contributed by atoms with E-state index in [1.807, 2.05) is 24.3 Å². The van der Waals surface area contributed by atoms with Gasteiger partial charge in [-0.3, -0.25) is 9.59 Å². The summed E-state index contributed by atoms with van der Waals surface area (Å²) in [6, 6.07) is 18.5. The molecule has 0 aliphatic heterocycles. The lowest BCUT2D eigenvalue weighted by Crippen LogP contribution is -2.35. The van der Waals surface area contributed by atoms with Crippen LogP contribution in [0.4, 0.5) is 10.1 Å². The third kappa shape index (κ3) is 6.09. The molecule has 0 bridgehead atoms. The van der Waals surface area contributed by atoms with Crippen molar-refractivity contribution < 1.29 is 14.0 Å². The summed E-state index contributed by atoms with van der Waals surface area (Å²) in [4.78, 5) is 26.5. The summed E-state index contributed by atoms with van der Waals surface area (Å²) in [7, 11) is 1.64. The number of rotatable bonds is 10. The smallest absolute Gasteiger partial charge is 0.251 e. The van der Waals surface area contributed by atoms with E-state index in [0.717, 1.165) is 62.9 Å². The Hall–Kier alpha value is -3.20. The van der Waals surface area contributed by atoms with Crippen LogP contribution in [-0.4, -0.2) is 35.9 Å². The molecule has 5 rings (SSSR count). The third-order valence-electron chi connectivity index (χ3n) is 7.90. The van der Waals surface area contributed by atoms with Gasteiger partial charge in [-0.25, -0.2) is 4.39 Å². The van der Waals surface area contributed by atoms with Gasteiger partial charge in [0, 0.05) is 40.9 Å². The Bertz CT molecular complexity index is 1450. The molecule has 3 N–H and O–H groups in total. The van der Waals surface area contributed by atoms with E-state index >= 15 is 0 Å². The van der Waals surface area contributed by atoms with E-state index in [-0.39, 0.29) is 23.7 Å². The number of likely N-dealkylation sites (N-methyl/N-ethyl adjacent to an activating group) is 1. The number of halogens is 2. The van der Waals surface area contributed by atoms with Crippen molar-refractivity contribution in [2.45, 2.75) is 45.1 Å². The molecule has 0 saturated heterocycles. The maximum Gasteiger partial charge on any atom is 0.251 e. The minimum absolute atomic E-state index is 0.0510. The number of hydrogen-bond donors (Lipinski definition) is 3. The number of amides is 2. The summed E-state index contributed by atoms with van der Waals surface area (Å²) in [5.41, 5.74) is 7.79. The maximum atomic E-state index is 13.7. The molecular weight excluding hydrogens is 616 g/mol. The Kier molecular flexibility index (Phi) is 8.88. The van der Waals surface area contributed by atoms with Crippen LogP contribution in [0.3, 0.4) is 0 Å². The predicted molar refractivity (Wildman–Crippen MR) is 169 cm³/mol. The number of aryl methyl sites for hydroxylation is 1. The fourth-order valence-corrected chi connectivity index (χ4v) is 5.92. The number of fused-ring (bicyclic) bond motifs is 1. The summed E-state index contributed by atoms with van der Waals surface area (Å²) in [6.45, 7) is 2.92. The Morgan fingerprint density at radius 1 is 0.975 bits per heavy atom. The number of nitrogens with one attached hydrogen (secondary N) is 3. The lowest BCUT2D eigenvalue weighted by atomic mass is 9.80. The first kappa shape index (κ1) is 28.3. The number of hydrogen-bond acceptors (Lipinski definition) is 3. The standard InChI is InChI=1S/C33H35FIN3O2/c1-3-29(21-7-8-21)38-32(39)24-6-4-5-22(17-24)27-19-28-23(18-30(27)37-16-15-35)11-14-26(31(28)33(40)36-2)20-9-12-25(34)13-10-20/h4-6,9-10,12-13,17-19,21,29,37H,3,7-8,11,14-16H2,1-2H3,(H,36,40)(H,38,39)/t29-/m0/s1. The summed E-state index contributed by atoms with van der Waals surface area (Å²) in [5.74, 6) is 0.0663. The maximum absolute atomic E-state index is 13.7. The number of anilines is 1. The molecule has 0 spiro atoms. The molecule has 0 aromatic heterocycles. The van der Waals surface area contributed by atoms with Crippen molar-refractivity contribution in [3.63, 3.8) is 0 Å². The summed E-state index contributed by atoms with van der Waals surface area (Å²) < 4.78 is 14.6. The molecule has 7 heteroatoms. The van der Waals surface area contributed by atoms with E-state index in [0.29, 0.717) is 23.5 Å². The Morgan fingerprint density at radius 3 is 2.42 bits per heavy atom. The zero-order chi connectivity index (χ0) is 28.2. The third-order valence-corrected chi connectivity index (χ3v) is 8.44. The van der Waals surface area contributed by atoms with Gasteiger partial charge in [-0.2, -0.15) is 0 Å². The van der Waals surface area contributed by atoms with Crippen molar-refractivity contribution in [2.75, 3.05) is 23.3 Å². The highest BCUT2D eigenvalue weighted by Crippen LogP contribution is 2.42. The highest BCUT2D eigenvalue weighted by Gasteiger charge is 2.31. The Morgan fingerprint density at radius 2 is 1.75 bits per heavy atom. The molecule has 2 aliphatic carbocycles. The number of carbonyl (C=O) groups excluding carboxylic acids is 2. The molecule has 3 aromatic carbocycles. The molecule has 1 atom stereocenters. The fraction of sp³-hybridized carbons (Fsp3) is 0.333. The van der Waals surface area contributed by atoms with Crippen molar-refractivity contribution in [3.8, 4) is 11.1 Å². The summed E-state index contributed by atoms with van der Waals surface area (Å²) in [6.07, 6.45) is 4.74. The van der Waals surface area contributed by atoms with Gasteiger partial charge < -0.3 is 16.0 Å². The number of carbonyl (C=O) groups is 2. The quantitative estimate of drug-likeness (QED) is 0.166. The van der Waals surface area contributed by atoms with Gasteiger partial charge in [0.15, 0.2) is 0 Å². The number of benzene rings is 3. The second-order valence-electron chi connectivity index (χ2n) is 10.5. The first-order valence-corrected chi connectivity index (χ1v) is 15.6. The van der Waals surface area contributed by atoms with Gasteiger partial charge >= 0.3 is 0 Å². The summed E-state index contributed by atoms with van der Waals surface area (Å²) in [5, 5.41) is 9.62. The highest BCUT2D eigenvalue weighted by molar-refractivity contribution is 14.1. The molecule has 1 fully saturated rings. The molecule has 0 heterocycles. The van der Waals surface area contributed by atoms with Gasteiger partial charge in [-0.05, 0) is 102 Å². The SMILES string of the molecule is CC[C@H](NC(=O)c1cccc(-c2cc3c(cc2NCCI)CCC(c2ccc(F)cc2)=C3C(=O)NC)c1)C1CC1. The van der Waals surface area contributed by atoms with Gasteiger partial charge in [-0.1, -0.05) is 53.8 Å². The van der Waals surface area contributed by atoms with Gasteiger partial charge in [0.2, 0.25) is 0 Å². The molecule has 5 nitrogen and oxygen atoms in total. The van der Waals surface area contributed by atoms with Gasteiger partial charge in [0.1, 0.15) is 5.82 Å². The molecule has 0 unspecified atom stereocenters. The van der Waals surface area contributed by atoms with E-state index in [1.54, 1.807) is 19.2 Å². The van der Waals surface area contributed by atoms with Crippen LogP contribution in [0.15, 0.2) is 60.7 Å². The molecule has 40 heavy (non-hydrogen) atoms. The molecule has 3 aromatic rings. The Balaban J connectivity index is 1.60. The van der Waals surface area contributed by atoms with Gasteiger partial charge in [0.25, 0.3) is 11.8 Å². The molecule has 2 amide bonds. The van der Waals surface area contributed by atoms with Crippen LogP contribution in [0.5, 0.6) is 0 Å². The van der Waals surface area contributed by atoms with Crippen LogP contribution in [0, 0.1) is 11.7 Å². The second-order valence-corrected chi connectivity index (χ2v) is 11.6. The lowest BCUT2D eigenvalue weighted by molar-refractivity contribution is -0.115. The number of allylic oxidation sites excluding steroid dienone is 1. The van der Waals surface area contributed by atoms with Crippen LogP contribution in [0.2, 0.25) is 0 Å². The zero-order valence-electron chi connectivity index (χ0n) is 23.0. The molecule has 1 saturated carbocycles. The minimum atomic E-state index is -0.304. The second kappa shape index (κ2) is 12.5. The topological polar surface area (TPSA) is 70.2 Å².